The van der Waals surface area contributed by atoms with Gasteiger partial charge in [-0.2, -0.15) is 0 Å². The molecule has 6 heteroatoms. The topological polar surface area (TPSA) is 58.1 Å². The van der Waals surface area contributed by atoms with E-state index in [1.54, 1.807) is 0 Å². The fourth-order valence-electron chi connectivity index (χ4n) is 3.49. The smallest absolute Gasteiger partial charge is 0.229 e. The minimum absolute atomic E-state index is 0.0405. The molecule has 1 fully saturated rings. The van der Waals surface area contributed by atoms with Gasteiger partial charge in [0.15, 0.2) is 0 Å². The number of benzene rings is 2. The van der Waals surface area contributed by atoms with Crippen LogP contribution in [0.25, 0.3) is 10.6 Å². The first-order valence-corrected chi connectivity index (χ1v) is 10.5. The summed E-state index contributed by atoms with van der Waals surface area (Å²) in [5, 5.41) is 12.7. The average molecular weight is 393 g/mol. The Morgan fingerprint density at radius 1 is 1.07 bits per heavy atom. The van der Waals surface area contributed by atoms with E-state index in [1.165, 1.54) is 22.5 Å². The second-order valence-electron chi connectivity index (χ2n) is 7.30. The lowest BCUT2D eigenvalue weighted by molar-refractivity contribution is -0.121. The molecule has 0 radical (unpaired) electrons. The zero-order valence-electron chi connectivity index (χ0n) is 16.0. The van der Waals surface area contributed by atoms with Gasteiger partial charge in [-0.3, -0.25) is 9.69 Å². The van der Waals surface area contributed by atoms with Crippen LogP contribution in [-0.4, -0.2) is 34.1 Å². The summed E-state index contributed by atoms with van der Waals surface area (Å²) in [6.45, 7) is 4.89. The monoisotopic (exact) mass is 392 g/mol. The zero-order valence-corrected chi connectivity index (χ0v) is 16.8. The SMILES string of the molecule is Cc1ccc(-c2nnc(NC(=O)C3CCN(Cc4ccccc4)CC3)s2)cc1. The van der Waals surface area contributed by atoms with E-state index in [1.807, 2.05) is 18.2 Å². The Balaban J connectivity index is 1.29. The quantitative estimate of drug-likeness (QED) is 0.701. The highest BCUT2D eigenvalue weighted by molar-refractivity contribution is 7.18. The lowest BCUT2D eigenvalue weighted by Crippen LogP contribution is -2.37. The molecule has 1 N–H and O–H groups in total. The predicted molar refractivity (Wildman–Crippen MR) is 113 cm³/mol. The summed E-state index contributed by atoms with van der Waals surface area (Å²) in [6, 6.07) is 18.7. The Bertz CT molecular complexity index is 915. The lowest BCUT2D eigenvalue weighted by Gasteiger charge is -2.31. The van der Waals surface area contributed by atoms with Crippen LogP contribution < -0.4 is 5.32 Å². The van der Waals surface area contributed by atoms with Gasteiger partial charge in [0.05, 0.1) is 0 Å². The van der Waals surface area contributed by atoms with Crippen molar-refractivity contribution in [2.24, 2.45) is 5.92 Å². The molecule has 28 heavy (non-hydrogen) atoms. The number of nitrogens with zero attached hydrogens (tertiary/aromatic N) is 3. The molecule has 1 saturated heterocycles. The van der Waals surface area contributed by atoms with Gasteiger partial charge in [0.2, 0.25) is 11.0 Å². The third-order valence-electron chi connectivity index (χ3n) is 5.16. The van der Waals surface area contributed by atoms with E-state index in [9.17, 15) is 4.79 Å². The summed E-state index contributed by atoms with van der Waals surface area (Å²) < 4.78 is 0. The molecule has 2 aromatic carbocycles. The van der Waals surface area contributed by atoms with Crippen molar-refractivity contribution in [3.63, 3.8) is 0 Å². The van der Waals surface area contributed by atoms with Crippen LogP contribution in [0.1, 0.15) is 24.0 Å². The summed E-state index contributed by atoms with van der Waals surface area (Å²) in [4.78, 5) is 15.0. The predicted octanol–water partition coefficient (Wildman–Crippen LogP) is 4.36. The molecule has 2 heterocycles. The number of hydrogen-bond acceptors (Lipinski definition) is 5. The number of carbonyl (C=O) groups is 1. The van der Waals surface area contributed by atoms with E-state index in [0.29, 0.717) is 5.13 Å². The highest BCUT2D eigenvalue weighted by Gasteiger charge is 2.25. The van der Waals surface area contributed by atoms with Crippen LogP contribution in [0.3, 0.4) is 0 Å². The molecule has 1 amide bonds. The van der Waals surface area contributed by atoms with Crippen LogP contribution in [0.2, 0.25) is 0 Å². The second-order valence-corrected chi connectivity index (χ2v) is 8.28. The number of piperidine rings is 1. The first-order chi connectivity index (χ1) is 13.7. The minimum Gasteiger partial charge on any atom is -0.300 e. The van der Waals surface area contributed by atoms with Crippen LogP contribution in [0, 0.1) is 12.8 Å². The third-order valence-corrected chi connectivity index (χ3v) is 6.05. The van der Waals surface area contributed by atoms with Crippen molar-refractivity contribution in [3.05, 3.63) is 65.7 Å². The van der Waals surface area contributed by atoms with E-state index < -0.39 is 0 Å². The van der Waals surface area contributed by atoms with Crippen molar-refractivity contribution >= 4 is 22.4 Å². The maximum atomic E-state index is 12.6. The molecule has 0 atom stereocenters. The Morgan fingerprint density at radius 2 is 1.79 bits per heavy atom. The fraction of sp³-hybridized carbons (Fsp3) is 0.318. The zero-order chi connectivity index (χ0) is 19.3. The number of aromatic nitrogens is 2. The molecular formula is C22H24N4OS. The van der Waals surface area contributed by atoms with Gasteiger partial charge in [-0.15, -0.1) is 10.2 Å². The number of hydrogen-bond donors (Lipinski definition) is 1. The Hall–Kier alpha value is -2.57. The normalized spacial score (nSPS) is 15.5. The summed E-state index contributed by atoms with van der Waals surface area (Å²) in [7, 11) is 0. The maximum absolute atomic E-state index is 12.6. The van der Waals surface area contributed by atoms with Crippen molar-refractivity contribution in [3.8, 4) is 10.6 Å². The summed E-state index contributed by atoms with van der Waals surface area (Å²) in [6.07, 6.45) is 1.75. The molecule has 144 valence electrons. The maximum Gasteiger partial charge on any atom is 0.229 e. The van der Waals surface area contributed by atoms with Gasteiger partial charge in [0.1, 0.15) is 5.01 Å². The van der Waals surface area contributed by atoms with Crippen molar-refractivity contribution in [2.45, 2.75) is 26.3 Å². The summed E-state index contributed by atoms with van der Waals surface area (Å²) in [5.74, 6) is 0.102. The van der Waals surface area contributed by atoms with Gasteiger partial charge >= 0.3 is 0 Å². The fourth-order valence-corrected chi connectivity index (χ4v) is 4.24. The Morgan fingerprint density at radius 3 is 2.50 bits per heavy atom. The first kappa shape index (κ1) is 18.8. The molecule has 1 aliphatic rings. The van der Waals surface area contributed by atoms with Gasteiger partial charge in [-0.1, -0.05) is 71.5 Å². The highest BCUT2D eigenvalue weighted by atomic mass is 32.1. The molecule has 0 unspecified atom stereocenters. The molecule has 4 rings (SSSR count). The molecule has 0 saturated carbocycles. The highest BCUT2D eigenvalue weighted by Crippen LogP contribution is 2.28. The van der Waals surface area contributed by atoms with E-state index in [-0.39, 0.29) is 11.8 Å². The van der Waals surface area contributed by atoms with E-state index in [4.69, 9.17) is 0 Å². The van der Waals surface area contributed by atoms with E-state index in [0.717, 1.165) is 43.0 Å². The third kappa shape index (κ3) is 4.64. The standard InChI is InChI=1S/C22H24N4OS/c1-16-7-9-19(10-8-16)21-24-25-22(28-21)23-20(27)18-11-13-26(14-12-18)15-17-5-3-2-4-6-17/h2-10,18H,11-15H2,1H3,(H,23,25,27). The van der Waals surface area contributed by atoms with Crippen LogP contribution in [-0.2, 0) is 11.3 Å². The average Bonchev–Trinajstić information content (AvgIpc) is 3.18. The Labute approximate surface area is 169 Å². The largest absolute Gasteiger partial charge is 0.300 e. The van der Waals surface area contributed by atoms with E-state index >= 15 is 0 Å². The number of amides is 1. The molecular weight excluding hydrogens is 368 g/mol. The van der Waals surface area contributed by atoms with E-state index in [2.05, 4.69) is 63.7 Å². The van der Waals surface area contributed by atoms with Crippen LogP contribution >= 0.6 is 11.3 Å². The first-order valence-electron chi connectivity index (χ1n) is 9.65. The Kier molecular flexibility index (Phi) is 5.78. The number of rotatable bonds is 5. The number of carbonyl (C=O) groups excluding carboxylic acids is 1. The van der Waals surface area contributed by atoms with Crippen LogP contribution in [0.4, 0.5) is 5.13 Å². The molecule has 3 aromatic rings. The van der Waals surface area contributed by atoms with Crippen molar-refractivity contribution in [2.75, 3.05) is 18.4 Å². The molecule has 0 aliphatic carbocycles. The number of anilines is 1. The number of nitrogens with one attached hydrogen (secondary N) is 1. The van der Waals surface area contributed by atoms with Gasteiger partial charge in [-0.05, 0) is 38.4 Å². The molecule has 0 spiro atoms. The van der Waals surface area contributed by atoms with Gasteiger partial charge in [0, 0.05) is 18.0 Å². The van der Waals surface area contributed by atoms with Crippen molar-refractivity contribution in [1.82, 2.24) is 15.1 Å². The van der Waals surface area contributed by atoms with Crippen molar-refractivity contribution in [1.29, 1.82) is 0 Å². The summed E-state index contributed by atoms with van der Waals surface area (Å²) >= 11 is 1.42. The second kappa shape index (κ2) is 8.63. The van der Waals surface area contributed by atoms with Gasteiger partial charge in [0.25, 0.3) is 0 Å². The molecule has 5 nitrogen and oxygen atoms in total. The van der Waals surface area contributed by atoms with Crippen molar-refractivity contribution < 1.29 is 4.79 Å². The minimum atomic E-state index is 0.0405. The summed E-state index contributed by atoms with van der Waals surface area (Å²) in [5.41, 5.74) is 3.56. The molecule has 1 aromatic heterocycles. The number of likely N-dealkylation sites (tertiary alicyclic amines) is 1. The lowest BCUT2D eigenvalue weighted by atomic mass is 9.95. The van der Waals surface area contributed by atoms with Crippen LogP contribution in [0.15, 0.2) is 54.6 Å². The number of aryl methyl sites for hydroxylation is 1. The van der Waals surface area contributed by atoms with Crippen LogP contribution in [0.5, 0.6) is 0 Å². The van der Waals surface area contributed by atoms with Gasteiger partial charge < -0.3 is 5.32 Å². The van der Waals surface area contributed by atoms with Gasteiger partial charge in [-0.25, -0.2) is 0 Å². The molecule has 0 bridgehead atoms. The molecule has 1 aliphatic heterocycles.